The lowest BCUT2D eigenvalue weighted by molar-refractivity contribution is -0.152. The first-order valence-corrected chi connectivity index (χ1v) is 17.1. The van der Waals surface area contributed by atoms with Crippen LogP contribution in [0.25, 0.3) is 22.3 Å². The van der Waals surface area contributed by atoms with E-state index in [9.17, 15) is 14.4 Å². The molecule has 2 saturated heterocycles. The molecule has 0 aliphatic carbocycles. The molecule has 4 aromatic rings. The summed E-state index contributed by atoms with van der Waals surface area (Å²) in [5.41, 5.74) is 5.97. The first-order valence-electron chi connectivity index (χ1n) is 17.1. The van der Waals surface area contributed by atoms with E-state index in [1.165, 1.54) is 32.7 Å². The number of nitrogens with zero attached hydrogens (tertiary/aromatic N) is 1. The predicted molar refractivity (Wildman–Crippen MR) is 195 cm³/mol. The Morgan fingerprint density at radius 3 is 1.50 bits per heavy atom. The average molecular weight is 643 g/mol. The van der Waals surface area contributed by atoms with Crippen LogP contribution in [-0.2, 0) is 27.2 Å². The molecule has 0 spiro atoms. The van der Waals surface area contributed by atoms with E-state index < -0.39 is 10.8 Å². The third kappa shape index (κ3) is 8.13. The van der Waals surface area contributed by atoms with Gasteiger partial charge in [0, 0.05) is 28.3 Å². The number of amides is 3. The van der Waals surface area contributed by atoms with Crippen molar-refractivity contribution >= 4 is 17.7 Å². The monoisotopic (exact) mass is 642 g/mol. The fourth-order valence-electron chi connectivity index (χ4n) is 6.79. The summed E-state index contributed by atoms with van der Waals surface area (Å²) in [4.78, 5) is 39.1. The lowest BCUT2D eigenvalue weighted by Gasteiger charge is -2.29. The number of carbonyl (C=O) groups is 3. The van der Waals surface area contributed by atoms with Gasteiger partial charge in [-0.2, -0.15) is 0 Å². The topological polar surface area (TPSA) is 66.5 Å². The Morgan fingerprint density at radius 1 is 0.646 bits per heavy atom. The van der Waals surface area contributed by atoms with Crippen LogP contribution in [0.3, 0.4) is 0 Å². The molecule has 6 rings (SSSR count). The number of rotatable bonds is 6. The standard InChI is InChI=1S/C24H29NO2.C19H21NO/c1-23(2,3)21(26)25-20(16-24(4,5)22(25)27)15-17-11-13-19(14-12-17)18-9-7-6-8-10-18;1-19(2)13-17(20-18(19)21)12-14-8-10-16(11-9-14)15-6-4-3-5-7-15/h6-14,20H,15-16H2,1-5H3;3-11,17H,12-13H2,1-2H3,(H,20,21)/t20-;17-/m11/s1. The molecule has 5 nitrogen and oxygen atoms in total. The van der Waals surface area contributed by atoms with Crippen molar-refractivity contribution in [2.45, 2.75) is 86.2 Å². The van der Waals surface area contributed by atoms with Crippen LogP contribution in [0.5, 0.6) is 0 Å². The zero-order chi connectivity index (χ0) is 34.7. The second-order valence-corrected chi connectivity index (χ2v) is 15.8. The Kier molecular flexibility index (Phi) is 10.1. The van der Waals surface area contributed by atoms with E-state index in [-0.39, 0.29) is 35.2 Å². The number of carbonyl (C=O) groups excluding carboxylic acids is 3. The van der Waals surface area contributed by atoms with Crippen molar-refractivity contribution in [3.05, 3.63) is 120 Å². The normalized spacial score (nSPS) is 19.8. The van der Waals surface area contributed by atoms with Crippen LogP contribution in [0.2, 0.25) is 0 Å². The Labute approximate surface area is 286 Å². The van der Waals surface area contributed by atoms with E-state index in [1.54, 1.807) is 0 Å². The van der Waals surface area contributed by atoms with E-state index in [2.05, 4.69) is 90.2 Å². The van der Waals surface area contributed by atoms with Crippen molar-refractivity contribution in [2.24, 2.45) is 16.2 Å². The molecule has 5 heteroatoms. The fraction of sp³-hybridized carbons (Fsp3) is 0.372. The van der Waals surface area contributed by atoms with E-state index >= 15 is 0 Å². The summed E-state index contributed by atoms with van der Waals surface area (Å²) in [6, 6.07) is 37.9. The highest BCUT2D eigenvalue weighted by Crippen LogP contribution is 2.39. The maximum absolute atomic E-state index is 12.9. The largest absolute Gasteiger partial charge is 0.353 e. The quantitative estimate of drug-likeness (QED) is 0.228. The van der Waals surface area contributed by atoms with E-state index in [0.717, 1.165) is 18.4 Å². The van der Waals surface area contributed by atoms with Crippen LogP contribution in [-0.4, -0.2) is 34.7 Å². The van der Waals surface area contributed by atoms with Gasteiger partial charge in [0.05, 0.1) is 0 Å². The molecule has 2 aliphatic rings. The van der Waals surface area contributed by atoms with Crippen LogP contribution in [0, 0.1) is 16.2 Å². The first-order chi connectivity index (χ1) is 22.6. The number of imide groups is 1. The second-order valence-electron chi connectivity index (χ2n) is 15.8. The van der Waals surface area contributed by atoms with E-state index in [4.69, 9.17) is 0 Å². The van der Waals surface area contributed by atoms with Crippen molar-refractivity contribution in [3.63, 3.8) is 0 Å². The molecule has 3 amide bonds. The molecule has 4 aromatic carbocycles. The molecular weight excluding hydrogens is 592 g/mol. The van der Waals surface area contributed by atoms with Crippen LogP contribution >= 0.6 is 0 Å². The molecule has 48 heavy (non-hydrogen) atoms. The zero-order valence-corrected chi connectivity index (χ0v) is 29.5. The highest BCUT2D eigenvalue weighted by molar-refractivity contribution is 6.01. The number of hydrogen-bond donors (Lipinski definition) is 1. The van der Waals surface area contributed by atoms with Gasteiger partial charge in [-0.25, -0.2) is 0 Å². The van der Waals surface area contributed by atoms with Gasteiger partial charge >= 0.3 is 0 Å². The molecule has 2 aliphatic heterocycles. The van der Waals surface area contributed by atoms with Gasteiger partial charge in [0.15, 0.2) is 0 Å². The first kappa shape index (κ1) is 34.8. The van der Waals surface area contributed by atoms with Gasteiger partial charge in [-0.1, -0.05) is 158 Å². The third-order valence-corrected chi connectivity index (χ3v) is 9.55. The molecule has 0 saturated carbocycles. The van der Waals surface area contributed by atoms with Crippen molar-refractivity contribution in [1.82, 2.24) is 10.2 Å². The summed E-state index contributed by atoms with van der Waals surface area (Å²) in [6.45, 7) is 13.5. The van der Waals surface area contributed by atoms with Crippen molar-refractivity contribution < 1.29 is 14.4 Å². The van der Waals surface area contributed by atoms with Gasteiger partial charge in [-0.15, -0.1) is 0 Å². The number of hydrogen-bond acceptors (Lipinski definition) is 3. The number of benzene rings is 4. The molecule has 0 radical (unpaired) electrons. The molecule has 250 valence electrons. The van der Waals surface area contributed by atoms with E-state index in [0.29, 0.717) is 12.8 Å². The third-order valence-electron chi connectivity index (χ3n) is 9.55. The SMILES string of the molecule is CC(C)(C)C(=O)N1C(=O)C(C)(C)C[C@H]1Cc1ccc(-c2ccccc2)cc1.CC1(C)C[C@@H](Cc2ccc(-c3ccccc3)cc2)NC1=O. The van der Waals surface area contributed by atoms with Gasteiger partial charge in [0.25, 0.3) is 0 Å². The summed E-state index contributed by atoms with van der Waals surface area (Å²) >= 11 is 0. The number of nitrogens with one attached hydrogen (secondary N) is 1. The summed E-state index contributed by atoms with van der Waals surface area (Å²) in [5.74, 6) is 0.0470. The minimum atomic E-state index is -0.564. The Morgan fingerprint density at radius 2 is 1.08 bits per heavy atom. The van der Waals surface area contributed by atoms with Crippen LogP contribution in [0.4, 0.5) is 0 Å². The van der Waals surface area contributed by atoms with E-state index in [1.807, 2.05) is 72.7 Å². The van der Waals surface area contributed by atoms with Gasteiger partial charge in [-0.05, 0) is 59.1 Å². The van der Waals surface area contributed by atoms with Crippen molar-refractivity contribution in [3.8, 4) is 22.3 Å². The Hall–Kier alpha value is -4.51. The molecule has 1 N–H and O–H groups in total. The summed E-state index contributed by atoms with van der Waals surface area (Å²) < 4.78 is 0. The van der Waals surface area contributed by atoms with Crippen molar-refractivity contribution in [1.29, 1.82) is 0 Å². The van der Waals surface area contributed by atoms with Gasteiger partial charge in [-0.3, -0.25) is 19.3 Å². The second kappa shape index (κ2) is 13.9. The fourth-order valence-corrected chi connectivity index (χ4v) is 6.79. The molecule has 2 heterocycles. The lowest BCUT2D eigenvalue weighted by atomic mass is 9.88. The minimum absolute atomic E-state index is 0.0478. The minimum Gasteiger partial charge on any atom is -0.353 e. The Bertz CT molecular complexity index is 1720. The van der Waals surface area contributed by atoms with Crippen LogP contribution in [0.15, 0.2) is 109 Å². The molecule has 0 unspecified atom stereocenters. The van der Waals surface area contributed by atoms with Gasteiger partial charge < -0.3 is 5.32 Å². The van der Waals surface area contributed by atoms with Gasteiger partial charge in [0.2, 0.25) is 17.7 Å². The maximum Gasteiger partial charge on any atom is 0.235 e. The average Bonchev–Trinajstić information content (AvgIpc) is 3.44. The molecular formula is C43H50N2O3. The van der Waals surface area contributed by atoms with Gasteiger partial charge in [0.1, 0.15) is 0 Å². The summed E-state index contributed by atoms with van der Waals surface area (Å²) in [7, 11) is 0. The zero-order valence-electron chi connectivity index (χ0n) is 29.5. The maximum atomic E-state index is 12.9. The highest BCUT2D eigenvalue weighted by Gasteiger charge is 2.49. The molecule has 2 atom stereocenters. The van der Waals surface area contributed by atoms with Crippen molar-refractivity contribution in [2.75, 3.05) is 0 Å². The lowest BCUT2D eigenvalue weighted by Crippen LogP contribution is -2.46. The summed E-state index contributed by atoms with van der Waals surface area (Å²) in [6.07, 6.45) is 3.22. The summed E-state index contributed by atoms with van der Waals surface area (Å²) in [5, 5.41) is 3.10. The smallest absolute Gasteiger partial charge is 0.235 e. The van der Waals surface area contributed by atoms with Crippen LogP contribution in [0.1, 0.15) is 72.4 Å². The van der Waals surface area contributed by atoms with Crippen LogP contribution < -0.4 is 5.32 Å². The predicted octanol–water partition coefficient (Wildman–Crippen LogP) is 8.91. The molecule has 0 bridgehead atoms. The Balaban J connectivity index is 0.000000194. The number of likely N-dealkylation sites (tertiary alicyclic amines) is 1. The highest BCUT2D eigenvalue weighted by atomic mass is 16.2. The molecule has 0 aromatic heterocycles. The molecule has 2 fully saturated rings.